The number of anilines is 3. The zero-order valence-electron chi connectivity index (χ0n) is 35.1. The van der Waals surface area contributed by atoms with Crippen molar-refractivity contribution in [1.29, 1.82) is 0 Å². The van der Waals surface area contributed by atoms with Crippen LogP contribution in [0.2, 0.25) is 5.02 Å². The van der Waals surface area contributed by atoms with Gasteiger partial charge in [-0.3, -0.25) is 29.6 Å². The van der Waals surface area contributed by atoms with Crippen LogP contribution in [0.5, 0.6) is 17.5 Å². The summed E-state index contributed by atoms with van der Waals surface area (Å²) in [5.74, 6) is -1.64. The smallest absolute Gasteiger partial charge is 0.341 e. The maximum Gasteiger partial charge on any atom is 0.341 e. The molecule has 0 saturated carbocycles. The topological polar surface area (TPSA) is 287 Å². The Morgan fingerprint density at radius 2 is 1.67 bits per heavy atom. The minimum absolute atomic E-state index is 0.0170. The highest BCUT2D eigenvalue weighted by molar-refractivity contribution is 7.90. The number of benzene rings is 3. The number of aryl methyl sites for hydroxylation is 1. The van der Waals surface area contributed by atoms with Gasteiger partial charge in [0.05, 0.1) is 35.6 Å². The summed E-state index contributed by atoms with van der Waals surface area (Å²) in [6.07, 6.45) is 9.61. The van der Waals surface area contributed by atoms with Crippen LogP contribution in [0.4, 0.5) is 26.5 Å². The van der Waals surface area contributed by atoms with Crippen LogP contribution >= 0.6 is 11.6 Å². The highest BCUT2D eigenvalue weighted by Crippen LogP contribution is 2.42. The molecule has 2 aromatic heterocycles. The second-order valence-corrected chi connectivity index (χ2v) is 16.1. The summed E-state index contributed by atoms with van der Waals surface area (Å²) in [5.41, 5.74) is 1.09. The van der Waals surface area contributed by atoms with E-state index in [1.807, 2.05) is 0 Å². The van der Waals surface area contributed by atoms with E-state index in [1.54, 1.807) is 35.2 Å². The van der Waals surface area contributed by atoms with Crippen LogP contribution in [0.15, 0.2) is 82.9 Å². The van der Waals surface area contributed by atoms with E-state index >= 15 is 0 Å². The summed E-state index contributed by atoms with van der Waals surface area (Å²) in [6, 6.07) is 12.8. The Hall–Kier alpha value is -8.23. The van der Waals surface area contributed by atoms with Crippen molar-refractivity contribution in [3.63, 3.8) is 0 Å². The summed E-state index contributed by atoms with van der Waals surface area (Å²) < 4.78 is 56.0. The first kappa shape index (κ1) is 48.2. The normalized spacial score (nSPS) is 14.0. The second-order valence-electron chi connectivity index (χ2n) is 14.0. The molecule has 4 heterocycles. The number of rotatable bonds is 10. The number of hydrogen-bond donors (Lipinski definition) is 4. The molecule has 24 heteroatoms. The van der Waals surface area contributed by atoms with Gasteiger partial charge in [-0.15, -0.1) is 6.42 Å². The van der Waals surface area contributed by atoms with Gasteiger partial charge in [0, 0.05) is 28.8 Å². The zero-order chi connectivity index (χ0) is 48.6. The number of fused-ring (bicyclic) bond motifs is 2. The summed E-state index contributed by atoms with van der Waals surface area (Å²) in [4.78, 5) is 87.9. The number of nitrogens with zero attached hydrogens (tertiary/aromatic N) is 6. The maximum absolute atomic E-state index is 14.7. The van der Waals surface area contributed by atoms with E-state index in [4.69, 9.17) is 42.4 Å². The number of methoxy groups -OCH3 is 1. The summed E-state index contributed by atoms with van der Waals surface area (Å²) >= 11 is 5.98. The molecule has 0 bridgehead atoms. The minimum Gasteiger partial charge on any atom is -0.481 e. The van der Waals surface area contributed by atoms with Gasteiger partial charge in [0.25, 0.3) is 27.7 Å². The number of halogens is 2. The number of pyridine rings is 1. The van der Waals surface area contributed by atoms with Crippen LogP contribution in [0, 0.1) is 25.1 Å². The number of nitrogens with one attached hydrogen (secondary N) is 2. The van der Waals surface area contributed by atoms with Gasteiger partial charge in [0.2, 0.25) is 5.95 Å². The van der Waals surface area contributed by atoms with E-state index in [9.17, 15) is 41.6 Å². The number of aliphatic carboxylic acids is 1. The molecule has 5 amide bonds. The third-order valence-electron chi connectivity index (χ3n) is 9.65. The van der Waals surface area contributed by atoms with Gasteiger partial charge >= 0.3 is 24.0 Å². The molecule has 3 aliphatic rings. The molecular formula is C43H36ClFN8O13S. The lowest BCUT2D eigenvalue weighted by Gasteiger charge is -2.29. The van der Waals surface area contributed by atoms with Crippen molar-refractivity contribution in [2.75, 3.05) is 42.0 Å². The molecule has 0 fully saturated rings. The minimum atomic E-state index is -4.43. The van der Waals surface area contributed by atoms with Gasteiger partial charge in [-0.05, 0) is 75.1 Å². The molecule has 0 unspecified atom stereocenters. The van der Waals surface area contributed by atoms with Gasteiger partial charge in [-0.2, -0.15) is 15.0 Å². The van der Waals surface area contributed by atoms with Gasteiger partial charge in [-0.25, -0.2) is 36.8 Å². The molecule has 21 nitrogen and oxygen atoms in total. The van der Waals surface area contributed by atoms with Crippen LogP contribution in [-0.4, -0.2) is 101 Å². The Balaban J connectivity index is 0.000000171. The van der Waals surface area contributed by atoms with Crippen LogP contribution < -0.4 is 34.0 Å². The molecule has 1 aliphatic carbocycles. The van der Waals surface area contributed by atoms with Crippen molar-refractivity contribution in [3.05, 3.63) is 100 Å². The van der Waals surface area contributed by atoms with Crippen molar-refractivity contribution in [2.24, 2.45) is 0 Å². The van der Waals surface area contributed by atoms with Crippen molar-refractivity contribution < 1.29 is 66.0 Å². The predicted molar refractivity (Wildman–Crippen MR) is 235 cm³/mol. The number of carboxylic acid groups (broad SMARTS) is 2. The fourth-order valence-electron chi connectivity index (χ4n) is 6.76. The fourth-order valence-corrected chi connectivity index (χ4v) is 8.08. The molecular weight excluding hydrogens is 923 g/mol. The average Bonchev–Trinajstić information content (AvgIpc) is 3.55. The Kier molecular flexibility index (Phi) is 14.9. The van der Waals surface area contributed by atoms with E-state index in [2.05, 4.69) is 31.2 Å². The molecule has 3 aromatic carbocycles. The Labute approximate surface area is 384 Å². The van der Waals surface area contributed by atoms with Gasteiger partial charge in [0.1, 0.15) is 27.7 Å². The lowest BCUT2D eigenvalue weighted by molar-refractivity contribution is -0.139. The first-order valence-corrected chi connectivity index (χ1v) is 21.4. The summed E-state index contributed by atoms with van der Waals surface area (Å²) in [7, 11) is -3.11. The molecule has 8 rings (SSSR count). The lowest BCUT2D eigenvalue weighted by Crippen LogP contribution is -2.39. The number of aromatic nitrogens is 4. The number of amides is 5. The van der Waals surface area contributed by atoms with Crippen molar-refractivity contribution in [2.45, 2.75) is 37.5 Å². The highest BCUT2D eigenvalue weighted by Gasteiger charge is 2.42. The number of hydrogen-bond acceptors (Lipinski definition) is 15. The largest absolute Gasteiger partial charge is 0.481 e. The first-order valence-electron chi connectivity index (χ1n) is 19.6. The maximum atomic E-state index is 14.7. The van der Waals surface area contributed by atoms with Crippen LogP contribution in [0.25, 0.3) is 10.9 Å². The Morgan fingerprint density at radius 3 is 2.33 bits per heavy atom. The Bertz CT molecular complexity index is 3010. The summed E-state index contributed by atoms with van der Waals surface area (Å²) in [6.45, 7) is 0.863. The molecule has 0 radical (unpaired) electrons. The number of carboxylic acids is 2. The number of ether oxygens (including phenoxy) is 3. The lowest BCUT2D eigenvalue weighted by atomic mass is 9.93. The third-order valence-corrected chi connectivity index (χ3v) is 11.4. The molecule has 0 saturated heterocycles. The Morgan fingerprint density at radius 1 is 0.970 bits per heavy atom. The molecule has 346 valence electrons. The fraction of sp³-hybridized carbons (Fsp3) is 0.209. The molecule has 4 N–H and O–H groups in total. The van der Waals surface area contributed by atoms with E-state index in [0.29, 0.717) is 40.3 Å². The number of carbonyl (C=O) groups is 6. The average molecular weight is 959 g/mol. The van der Waals surface area contributed by atoms with Crippen molar-refractivity contribution >= 4 is 85.5 Å². The predicted octanol–water partition coefficient (Wildman–Crippen LogP) is 4.68. The SMILES string of the molecule is C#CCN1C(=O)COc2cc(F)c(N3C(=O)C4=C(CCCC4)C3=O)cc21.COc1nc(C)nc(NC(=O)NS(=O)(=O)c2ccccc2C(=O)O)n1.O=C(O)COc1ccc(Cl)c2cccnc12. The number of sulfonamides is 1. The zero-order valence-corrected chi connectivity index (χ0v) is 36.7. The molecule has 0 spiro atoms. The monoisotopic (exact) mass is 958 g/mol. The van der Waals surface area contributed by atoms with E-state index < -0.39 is 62.7 Å². The number of urea groups is 1. The molecule has 0 atom stereocenters. The number of carbonyl (C=O) groups excluding carboxylic acids is 4. The third kappa shape index (κ3) is 11.0. The second kappa shape index (κ2) is 20.7. The van der Waals surface area contributed by atoms with Crippen molar-refractivity contribution in [1.82, 2.24) is 24.7 Å². The number of aromatic carboxylic acids is 1. The number of imide groups is 1. The van der Waals surface area contributed by atoms with Crippen LogP contribution in [0.1, 0.15) is 41.9 Å². The van der Waals surface area contributed by atoms with Gasteiger partial charge in [0.15, 0.2) is 19.0 Å². The molecule has 5 aromatic rings. The summed E-state index contributed by atoms with van der Waals surface area (Å²) in [5, 5.41) is 21.0. The number of terminal acetylenes is 1. The standard InChI is InChI=1S/C19H15FN2O4.C13H13N5O6S.C11H8ClNO3/c1-2-7-21-15-9-14(13(20)8-16(15)26-10-17(21)23)22-18(24)11-5-3-4-6-12(11)19(22)25;1-7-14-11(17-13(15-7)24-2)16-12(21)18-25(22,23)9-6-4-3-5-8(9)10(19)20;12-8-3-4-9(16-6-10(14)15)11-7(8)2-1-5-13-11/h1,8-9H,3-7,10H2;3-6H,1-2H3,(H,19,20)(H2,14,15,16,17,18,21);1-5H,6H2,(H,14,15). The van der Waals surface area contributed by atoms with Gasteiger partial charge in [-0.1, -0.05) is 29.7 Å². The first-order chi connectivity index (χ1) is 31.9. The highest BCUT2D eigenvalue weighted by atomic mass is 35.5. The van der Waals surface area contributed by atoms with Crippen LogP contribution in [0.3, 0.4) is 0 Å². The van der Waals surface area contributed by atoms with Crippen molar-refractivity contribution in [3.8, 4) is 29.9 Å². The van der Waals surface area contributed by atoms with Gasteiger partial charge < -0.3 is 24.4 Å². The van der Waals surface area contributed by atoms with E-state index in [1.165, 1.54) is 37.1 Å². The van der Waals surface area contributed by atoms with Crippen LogP contribution in [-0.2, 0) is 29.2 Å². The molecule has 67 heavy (non-hydrogen) atoms. The quantitative estimate of drug-likeness (QED) is 0.109. The van der Waals surface area contributed by atoms with E-state index in [-0.39, 0.29) is 54.0 Å². The molecule has 2 aliphatic heterocycles. The van der Waals surface area contributed by atoms with E-state index in [0.717, 1.165) is 41.3 Å².